The van der Waals surface area contributed by atoms with Gasteiger partial charge >= 0.3 is 5.69 Å². The SMILES string of the molecule is C#[N+]c1ccccc1C=C.CC. The molecule has 0 aliphatic rings. The van der Waals surface area contributed by atoms with Gasteiger partial charge < -0.3 is 0 Å². The fraction of sp³-hybridized carbons (Fsp3) is 0.182. The van der Waals surface area contributed by atoms with Crippen molar-refractivity contribution >= 4 is 11.8 Å². The molecule has 0 radical (unpaired) electrons. The predicted octanol–water partition coefficient (Wildman–Crippen LogP) is 3.95. The first-order valence-corrected chi connectivity index (χ1v) is 4.01. The third kappa shape index (κ3) is 2.59. The van der Waals surface area contributed by atoms with E-state index >= 15 is 0 Å². The first-order chi connectivity index (χ1) is 5.88. The van der Waals surface area contributed by atoms with Gasteiger partial charge in [0.25, 0.3) is 6.57 Å². The van der Waals surface area contributed by atoms with Crippen molar-refractivity contribution in [3.05, 3.63) is 41.3 Å². The first-order valence-electron chi connectivity index (χ1n) is 4.01. The lowest BCUT2D eigenvalue weighted by molar-refractivity contribution is 1.50. The van der Waals surface area contributed by atoms with Gasteiger partial charge in [0.1, 0.15) is 0 Å². The summed E-state index contributed by atoms with van der Waals surface area (Å²) in [5.74, 6) is 0. The van der Waals surface area contributed by atoms with Crippen LogP contribution < -0.4 is 0 Å². The highest BCUT2D eigenvalue weighted by Crippen LogP contribution is 2.18. The van der Waals surface area contributed by atoms with Gasteiger partial charge in [0.2, 0.25) is 0 Å². The van der Waals surface area contributed by atoms with Gasteiger partial charge in [-0.15, -0.1) is 0 Å². The van der Waals surface area contributed by atoms with E-state index in [1.165, 1.54) is 0 Å². The maximum atomic E-state index is 5.10. The van der Waals surface area contributed by atoms with Crippen molar-refractivity contribution in [2.24, 2.45) is 0 Å². The second kappa shape index (κ2) is 6.18. The highest BCUT2D eigenvalue weighted by molar-refractivity contribution is 5.66. The fourth-order valence-electron chi connectivity index (χ4n) is 0.778. The summed E-state index contributed by atoms with van der Waals surface area (Å²) < 4.78 is 0. The number of hydrogen-bond acceptors (Lipinski definition) is 0. The van der Waals surface area contributed by atoms with E-state index < -0.39 is 0 Å². The van der Waals surface area contributed by atoms with E-state index in [1.807, 2.05) is 38.1 Å². The Morgan fingerprint density at radius 1 is 1.33 bits per heavy atom. The molecule has 62 valence electrons. The van der Waals surface area contributed by atoms with Crippen molar-refractivity contribution in [2.45, 2.75) is 13.8 Å². The minimum Gasteiger partial charge on any atom is -0.0982 e. The van der Waals surface area contributed by atoms with Crippen molar-refractivity contribution < 1.29 is 0 Å². The zero-order valence-electron chi connectivity index (χ0n) is 7.62. The van der Waals surface area contributed by atoms with Gasteiger partial charge in [-0.25, -0.2) is 0 Å². The van der Waals surface area contributed by atoms with E-state index in [-0.39, 0.29) is 0 Å². The van der Waals surface area contributed by atoms with E-state index in [4.69, 9.17) is 6.57 Å². The molecule has 0 unspecified atom stereocenters. The minimum atomic E-state index is 0.775. The van der Waals surface area contributed by atoms with Gasteiger partial charge in [0.15, 0.2) is 0 Å². The lowest BCUT2D eigenvalue weighted by Crippen LogP contribution is -1.68. The Bertz CT molecular complexity index is 281. The first kappa shape index (κ1) is 10.4. The van der Waals surface area contributed by atoms with E-state index in [0.717, 1.165) is 11.3 Å². The topological polar surface area (TPSA) is 4.36 Å². The summed E-state index contributed by atoms with van der Waals surface area (Å²) in [5, 5.41) is 0. The van der Waals surface area contributed by atoms with Crippen molar-refractivity contribution in [3.63, 3.8) is 0 Å². The number of nitrogens with zero attached hydrogens (tertiary/aromatic N) is 1. The predicted molar refractivity (Wildman–Crippen MR) is 55.8 cm³/mol. The molecule has 0 bridgehead atoms. The molecule has 1 aromatic rings. The zero-order valence-corrected chi connectivity index (χ0v) is 7.62. The molecule has 0 aromatic heterocycles. The van der Waals surface area contributed by atoms with Gasteiger partial charge in [0.05, 0.1) is 5.56 Å². The Hall–Kier alpha value is -1.55. The molecule has 0 atom stereocenters. The molecule has 1 heteroatoms. The molecular formula is C11H14N+. The van der Waals surface area contributed by atoms with Gasteiger partial charge in [0, 0.05) is 6.07 Å². The van der Waals surface area contributed by atoms with Crippen LogP contribution >= 0.6 is 0 Å². The standard InChI is InChI=1S/C9H8N.C2H6/c1-3-8-6-4-5-7-9(8)10-2;1-2/h2-7H,1H2;1-2H3/q+1;. The average Bonchev–Trinajstić information content (AvgIpc) is 2.20. The summed E-state index contributed by atoms with van der Waals surface area (Å²) in [5.41, 5.74) is 1.74. The van der Waals surface area contributed by atoms with Crippen LogP contribution in [0.25, 0.3) is 10.9 Å². The number of benzene rings is 1. The Morgan fingerprint density at radius 3 is 2.33 bits per heavy atom. The summed E-state index contributed by atoms with van der Waals surface area (Å²) in [6.45, 7) is 12.7. The zero-order chi connectivity index (χ0) is 9.40. The van der Waals surface area contributed by atoms with Gasteiger partial charge in [-0.1, -0.05) is 38.6 Å². The Labute approximate surface area is 74.2 Å². The lowest BCUT2D eigenvalue weighted by Gasteiger charge is -1.84. The van der Waals surface area contributed by atoms with Crippen LogP contribution in [0.5, 0.6) is 0 Å². The molecule has 1 aromatic carbocycles. The number of para-hydroxylation sites is 1. The van der Waals surface area contributed by atoms with Crippen LogP contribution in [0.2, 0.25) is 0 Å². The number of hydrogen-bond donors (Lipinski definition) is 0. The van der Waals surface area contributed by atoms with E-state index in [1.54, 1.807) is 6.08 Å². The molecule has 0 N–H and O–H groups in total. The van der Waals surface area contributed by atoms with Crippen LogP contribution in [-0.4, -0.2) is 0 Å². The Morgan fingerprint density at radius 2 is 1.92 bits per heavy atom. The van der Waals surface area contributed by atoms with Crippen LogP contribution in [0, 0.1) is 6.57 Å². The molecule has 0 amide bonds. The second-order valence-corrected chi connectivity index (χ2v) is 1.89. The molecule has 1 nitrogen and oxygen atoms in total. The highest BCUT2D eigenvalue weighted by atomic mass is 14.6. The van der Waals surface area contributed by atoms with Crippen LogP contribution in [0.15, 0.2) is 30.8 Å². The Balaban J connectivity index is 0.000000561. The molecular weight excluding hydrogens is 146 g/mol. The monoisotopic (exact) mass is 160 g/mol. The van der Waals surface area contributed by atoms with Gasteiger partial charge in [-0.2, -0.15) is 0 Å². The number of rotatable bonds is 1. The Kier molecular flexibility index (Phi) is 5.38. The van der Waals surface area contributed by atoms with Crippen molar-refractivity contribution in [3.8, 4) is 6.57 Å². The summed E-state index contributed by atoms with van der Waals surface area (Å²) in [4.78, 5) is 3.57. The van der Waals surface area contributed by atoms with Crippen LogP contribution in [0.1, 0.15) is 19.4 Å². The third-order valence-corrected chi connectivity index (χ3v) is 1.30. The molecule has 0 fully saturated rings. The molecule has 0 saturated heterocycles. The lowest BCUT2D eigenvalue weighted by atomic mass is 10.2. The van der Waals surface area contributed by atoms with Gasteiger partial charge in [-0.05, 0) is 10.9 Å². The van der Waals surface area contributed by atoms with Gasteiger partial charge in [-0.3, -0.25) is 0 Å². The van der Waals surface area contributed by atoms with Crippen LogP contribution in [0.3, 0.4) is 0 Å². The smallest absolute Gasteiger partial charge is 0.0982 e. The van der Waals surface area contributed by atoms with Crippen molar-refractivity contribution in [1.82, 2.24) is 0 Å². The molecule has 0 aliphatic carbocycles. The maximum Gasteiger partial charge on any atom is 0.346 e. The maximum absolute atomic E-state index is 5.10. The highest BCUT2D eigenvalue weighted by Gasteiger charge is 2.02. The third-order valence-electron chi connectivity index (χ3n) is 1.30. The quantitative estimate of drug-likeness (QED) is 0.586. The average molecular weight is 160 g/mol. The summed E-state index contributed by atoms with van der Waals surface area (Å²) in [6, 6.07) is 7.57. The molecule has 12 heavy (non-hydrogen) atoms. The summed E-state index contributed by atoms with van der Waals surface area (Å²) in [6.07, 6.45) is 1.73. The second-order valence-electron chi connectivity index (χ2n) is 1.89. The summed E-state index contributed by atoms with van der Waals surface area (Å²) in [7, 11) is 0. The van der Waals surface area contributed by atoms with Crippen molar-refractivity contribution in [2.75, 3.05) is 0 Å². The van der Waals surface area contributed by atoms with E-state index in [9.17, 15) is 0 Å². The fourth-order valence-corrected chi connectivity index (χ4v) is 0.778. The minimum absolute atomic E-state index is 0.775. The van der Waals surface area contributed by atoms with Crippen LogP contribution in [-0.2, 0) is 0 Å². The molecule has 0 aliphatic heterocycles. The van der Waals surface area contributed by atoms with Crippen LogP contribution in [0.4, 0.5) is 5.69 Å². The molecule has 0 spiro atoms. The molecule has 0 saturated carbocycles. The largest absolute Gasteiger partial charge is 0.346 e. The molecule has 1 rings (SSSR count). The van der Waals surface area contributed by atoms with E-state index in [0.29, 0.717) is 0 Å². The normalized spacial score (nSPS) is 7.42. The molecule has 0 heterocycles. The van der Waals surface area contributed by atoms with Crippen molar-refractivity contribution in [1.29, 1.82) is 0 Å². The van der Waals surface area contributed by atoms with E-state index in [2.05, 4.69) is 11.4 Å². The summed E-state index contributed by atoms with van der Waals surface area (Å²) >= 11 is 0.